The van der Waals surface area contributed by atoms with E-state index >= 15 is 0 Å². The van der Waals surface area contributed by atoms with Crippen LogP contribution in [0.1, 0.15) is 44.8 Å². The standard InChI is InChI=1S/C17H25NO/c1-4-7-13-16(18-14-5-2)17(19-6-3)15-11-9-8-10-12-15/h1,8-12,16-18H,5-7,13-14H2,2-3H3. The lowest BCUT2D eigenvalue weighted by molar-refractivity contribution is 0.0313. The molecule has 0 saturated carbocycles. The maximum absolute atomic E-state index is 5.95. The molecule has 2 heteroatoms. The van der Waals surface area contributed by atoms with Crippen LogP contribution in [-0.2, 0) is 4.74 Å². The fourth-order valence-electron chi connectivity index (χ4n) is 2.20. The van der Waals surface area contributed by atoms with Gasteiger partial charge in [0.1, 0.15) is 0 Å². The number of ether oxygens (including phenoxy) is 1. The van der Waals surface area contributed by atoms with Crippen molar-refractivity contribution < 1.29 is 4.74 Å². The van der Waals surface area contributed by atoms with Gasteiger partial charge in [0, 0.05) is 19.1 Å². The van der Waals surface area contributed by atoms with Gasteiger partial charge in [0.25, 0.3) is 0 Å². The molecule has 1 aromatic carbocycles. The van der Waals surface area contributed by atoms with Gasteiger partial charge in [0.05, 0.1) is 6.10 Å². The third-order valence-electron chi connectivity index (χ3n) is 3.10. The van der Waals surface area contributed by atoms with E-state index in [0.717, 1.165) is 25.8 Å². The SMILES string of the molecule is C#CCCC(NCCC)C(OCC)c1ccccc1. The molecule has 2 unspecified atom stereocenters. The fraction of sp³-hybridized carbons (Fsp3) is 0.529. The predicted molar refractivity (Wildman–Crippen MR) is 81.0 cm³/mol. The lowest BCUT2D eigenvalue weighted by Gasteiger charge is -2.28. The van der Waals surface area contributed by atoms with Gasteiger partial charge in [-0.3, -0.25) is 0 Å². The molecular formula is C17H25NO. The number of nitrogens with one attached hydrogen (secondary N) is 1. The summed E-state index contributed by atoms with van der Waals surface area (Å²) in [5.41, 5.74) is 1.22. The van der Waals surface area contributed by atoms with Crippen molar-refractivity contribution >= 4 is 0 Å². The zero-order valence-electron chi connectivity index (χ0n) is 12.1. The minimum Gasteiger partial charge on any atom is -0.372 e. The molecule has 0 amide bonds. The van der Waals surface area contributed by atoms with Crippen molar-refractivity contribution in [2.24, 2.45) is 0 Å². The quantitative estimate of drug-likeness (QED) is 0.685. The lowest BCUT2D eigenvalue weighted by Crippen LogP contribution is -2.36. The second-order valence-electron chi connectivity index (χ2n) is 4.59. The molecule has 0 spiro atoms. The summed E-state index contributed by atoms with van der Waals surface area (Å²) >= 11 is 0. The van der Waals surface area contributed by atoms with Crippen LogP contribution >= 0.6 is 0 Å². The topological polar surface area (TPSA) is 21.3 Å². The Bertz CT molecular complexity index is 369. The van der Waals surface area contributed by atoms with Crippen LogP contribution < -0.4 is 5.32 Å². The van der Waals surface area contributed by atoms with E-state index in [9.17, 15) is 0 Å². The predicted octanol–water partition coefficient (Wildman–Crippen LogP) is 3.55. The van der Waals surface area contributed by atoms with Gasteiger partial charge in [-0.25, -0.2) is 0 Å². The van der Waals surface area contributed by atoms with Gasteiger partial charge in [0.2, 0.25) is 0 Å². The minimum atomic E-state index is 0.0751. The zero-order chi connectivity index (χ0) is 13.9. The summed E-state index contributed by atoms with van der Waals surface area (Å²) in [4.78, 5) is 0. The summed E-state index contributed by atoms with van der Waals surface area (Å²) in [7, 11) is 0. The summed E-state index contributed by atoms with van der Waals surface area (Å²) in [6.07, 6.45) is 8.30. The first-order chi connectivity index (χ1) is 9.33. The van der Waals surface area contributed by atoms with Crippen LogP contribution in [0.3, 0.4) is 0 Å². The van der Waals surface area contributed by atoms with Gasteiger partial charge in [-0.2, -0.15) is 0 Å². The van der Waals surface area contributed by atoms with E-state index in [-0.39, 0.29) is 12.1 Å². The van der Waals surface area contributed by atoms with Crippen molar-refractivity contribution in [1.82, 2.24) is 5.32 Å². The van der Waals surface area contributed by atoms with Crippen molar-refractivity contribution in [2.75, 3.05) is 13.2 Å². The Hall–Kier alpha value is -1.30. The largest absolute Gasteiger partial charge is 0.372 e. The molecule has 0 aromatic heterocycles. The van der Waals surface area contributed by atoms with Crippen LogP contribution in [-0.4, -0.2) is 19.2 Å². The van der Waals surface area contributed by atoms with Crippen LogP contribution in [0.15, 0.2) is 30.3 Å². The number of rotatable bonds is 9. The highest BCUT2D eigenvalue weighted by Gasteiger charge is 2.22. The van der Waals surface area contributed by atoms with Crippen molar-refractivity contribution in [3.63, 3.8) is 0 Å². The number of hydrogen-bond donors (Lipinski definition) is 1. The molecule has 0 aliphatic heterocycles. The average Bonchev–Trinajstić information content (AvgIpc) is 2.46. The third-order valence-corrected chi connectivity index (χ3v) is 3.10. The molecule has 1 aromatic rings. The van der Waals surface area contributed by atoms with Crippen LogP contribution in [0.2, 0.25) is 0 Å². The first-order valence-electron chi connectivity index (χ1n) is 7.16. The van der Waals surface area contributed by atoms with Gasteiger partial charge in [0.15, 0.2) is 0 Å². The summed E-state index contributed by atoms with van der Waals surface area (Å²) in [5, 5.41) is 3.57. The molecule has 0 aliphatic rings. The van der Waals surface area contributed by atoms with E-state index in [1.165, 1.54) is 5.56 Å². The number of terminal acetylenes is 1. The molecule has 19 heavy (non-hydrogen) atoms. The van der Waals surface area contributed by atoms with E-state index in [2.05, 4.69) is 42.4 Å². The maximum Gasteiger partial charge on any atom is 0.0977 e. The van der Waals surface area contributed by atoms with Crippen molar-refractivity contribution in [2.45, 2.75) is 45.3 Å². The summed E-state index contributed by atoms with van der Waals surface area (Å²) in [6, 6.07) is 10.7. The fourth-order valence-corrected chi connectivity index (χ4v) is 2.20. The summed E-state index contributed by atoms with van der Waals surface area (Å²) in [5.74, 6) is 2.73. The van der Waals surface area contributed by atoms with Gasteiger partial charge in [-0.05, 0) is 31.9 Å². The second kappa shape index (κ2) is 9.61. The molecule has 1 rings (SSSR count). The third kappa shape index (κ3) is 5.46. The molecule has 0 fully saturated rings. The molecule has 2 atom stereocenters. The van der Waals surface area contributed by atoms with E-state index in [1.807, 2.05) is 13.0 Å². The molecule has 0 heterocycles. The summed E-state index contributed by atoms with van der Waals surface area (Å²) < 4.78 is 5.95. The van der Waals surface area contributed by atoms with E-state index in [4.69, 9.17) is 11.2 Å². The Labute approximate surface area is 117 Å². The molecule has 0 radical (unpaired) electrons. The highest BCUT2D eigenvalue weighted by Crippen LogP contribution is 2.24. The first kappa shape index (κ1) is 15.8. The molecule has 104 valence electrons. The first-order valence-corrected chi connectivity index (χ1v) is 7.16. The van der Waals surface area contributed by atoms with Crippen LogP contribution in [0.25, 0.3) is 0 Å². The van der Waals surface area contributed by atoms with Crippen LogP contribution in [0.4, 0.5) is 0 Å². The van der Waals surface area contributed by atoms with E-state index < -0.39 is 0 Å². The van der Waals surface area contributed by atoms with Gasteiger partial charge in [-0.15, -0.1) is 12.3 Å². The van der Waals surface area contributed by atoms with Crippen LogP contribution in [0, 0.1) is 12.3 Å². The Morgan fingerprint density at radius 3 is 2.58 bits per heavy atom. The molecular weight excluding hydrogens is 234 g/mol. The average molecular weight is 259 g/mol. The Kier molecular flexibility index (Phi) is 7.97. The molecule has 2 nitrogen and oxygen atoms in total. The maximum atomic E-state index is 5.95. The monoisotopic (exact) mass is 259 g/mol. The smallest absolute Gasteiger partial charge is 0.0977 e. The minimum absolute atomic E-state index is 0.0751. The normalized spacial score (nSPS) is 13.7. The second-order valence-corrected chi connectivity index (χ2v) is 4.59. The van der Waals surface area contributed by atoms with Gasteiger partial charge >= 0.3 is 0 Å². The van der Waals surface area contributed by atoms with Crippen molar-refractivity contribution in [3.05, 3.63) is 35.9 Å². The Morgan fingerprint density at radius 2 is 2.00 bits per heavy atom. The van der Waals surface area contributed by atoms with Crippen LogP contribution in [0.5, 0.6) is 0 Å². The molecule has 0 bridgehead atoms. The highest BCUT2D eigenvalue weighted by atomic mass is 16.5. The van der Waals surface area contributed by atoms with Gasteiger partial charge in [-0.1, -0.05) is 37.3 Å². The van der Waals surface area contributed by atoms with Crippen molar-refractivity contribution in [3.8, 4) is 12.3 Å². The Morgan fingerprint density at radius 1 is 1.26 bits per heavy atom. The summed E-state index contributed by atoms with van der Waals surface area (Å²) in [6.45, 7) is 5.91. The van der Waals surface area contributed by atoms with Gasteiger partial charge < -0.3 is 10.1 Å². The molecule has 0 aliphatic carbocycles. The van der Waals surface area contributed by atoms with E-state index in [1.54, 1.807) is 0 Å². The number of benzene rings is 1. The Balaban J connectivity index is 2.81. The molecule has 1 N–H and O–H groups in total. The zero-order valence-corrected chi connectivity index (χ0v) is 12.1. The lowest BCUT2D eigenvalue weighted by atomic mass is 9.98. The number of hydrogen-bond acceptors (Lipinski definition) is 2. The molecule has 0 saturated heterocycles. The van der Waals surface area contributed by atoms with E-state index in [0.29, 0.717) is 6.61 Å². The highest BCUT2D eigenvalue weighted by molar-refractivity contribution is 5.19. The van der Waals surface area contributed by atoms with Crippen molar-refractivity contribution in [1.29, 1.82) is 0 Å².